The number of nitrogens with zero attached hydrogens (tertiary/aromatic N) is 1. The van der Waals surface area contributed by atoms with Crippen LogP contribution in [0.2, 0.25) is 0 Å². The molecule has 122 valence electrons. The smallest absolute Gasteiger partial charge is 0.276 e. The lowest BCUT2D eigenvalue weighted by molar-refractivity contribution is 0.474. The zero-order valence-corrected chi connectivity index (χ0v) is 14.1. The largest absolute Gasteiger partial charge is 0.507 e. The quantitative estimate of drug-likeness (QED) is 0.667. The number of rotatable bonds is 4. The van der Waals surface area contributed by atoms with Gasteiger partial charge in [0.25, 0.3) is 10.0 Å². The predicted octanol–water partition coefficient (Wildman–Crippen LogP) is 3.00. The molecule has 6 heteroatoms. The molecule has 0 atom stereocenters. The molecule has 0 saturated carbocycles. The van der Waals surface area contributed by atoms with Crippen molar-refractivity contribution >= 4 is 16.2 Å². The Morgan fingerprint density at radius 2 is 1.65 bits per heavy atom. The van der Waals surface area contributed by atoms with Crippen LogP contribution in [0.25, 0.3) is 0 Å². The van der Waals surface area contributed by atoms with Crippen LogP contribution < -0.4 is 4.83 Å². The van der Waals surface area contributed by atoms with E-state index in [0.29, 0.717) is 5.56 Å². The van der Waals surface area contributed by atoms with Gasteiger partial charge < -0.3 is 5.11 Å². The molecular formula is C17H20N2O3S. The fourth-order valence-electron chi connectivity index (χ4n) is 1.95. The first kappa shape index (κ1) is 17.0. The number of hydrogen-bond donors (Lipinski definition) is 2. The number of para-hydroxylation sites is 1. The van der Waals surface area contributed by atoms with E-state index in [1.165, 1.54) is 12.3 Å². The topological polar surface area (TPSA) is 78.8 Å². The summed E-state index contributed by atoms with van der Waals surface area (Å²) in [5, 5.41) is 13.3. The van der Waals surface area contributed by atoms with Crippen molar-refractivity contribution < 1.29 is 13.5 Å². The van der Waals surface area contributed by atoms with E-state index in [1.807, 2.05) is 0 Å². The molecule has 2 aromatic carbocycles. The van der Waals surface area contributed by atoms with E-state index in [9.17, 15) is 13.5 Å². The molecule has 0 unspecified atom stereocenters. The Morgan fingerprint density at radius 1 is 1.04 bits per heavy atom. The maximum absolute atomic E-state index is 12.2. The molecule has 0 aliphatic carbocycles. The van der Waals surface area contributed by atoms with Gasteiger partial charge >= 0.3 is 0 Å². The number of phenols is 1. The van der Waals surface area contributed by atoms with Gasteiger partial charge in [-0.2, -0.15) is 13.5 Å². The van der Waals surface area contributed by atoms with Gasteiger partial charge in [-0.15, -0.1) is 0 Å². The maximum atomic E-state index is 12.2. The highest BCUT2D eigenvalue weighted by atomic mass is 32.2. The maximum Gasteiger partial charge on any atom is 0.276 e. The standard InChI is InChI=1S/C17H20N2O3S/c1-17(2,3)14-8-10-15(11-9-14)23(21,22)19-18-12-13-6-4-5-7-16(13)20/h4-12,19-20H,1-3H3/b18-12-. The van der Waals surface area contributed by atoms with Gasteiger partial charge in [0.2, 0.25) is 0 Å². The first-order valence-electron chi connectivity index (χ1n) is 7.13. The molecule has 0 aliphatic heterocycles. The fourth-order valence-corrected chi connectivity index (χ4v) is 2.74. The minimum absolute atomic E-state index is 0.0324. The van der Waals surface area contributed by atoms with E-state index in [0.717, 1.165) is 5.56 Å². The summed E-state index contributed by atoms with van der Waals surface area (Å²) in [6, 6.07) is 13.2. The first-order chi connectivity index (χ1) is 10.7. The molecule has 0 heterocycles. The Kier molecular flexibility index (Phi) is 4.75. The number of hydrogen-bond acceptors (Lipinski definition) is 4. The molecule has 2 N–H and O–H groups in total. The third-order valence-corrected chi connectivity index (χ3v) is 4.58. The normalized spacial score (nSPS) is 12.5. The lowest BCUT2D eigenvalue weighted by Gasteiger charge is -2.19. The van der Waals surface area contributed by atoms with Crippen LogP contribution >= 0.6 is 0 Å². The average molecular weight is 332 g/mol. The lowest BCUT2D eigenvalue weighted by atomic mass is 9.87. The number of phenolic OH excluding ortho intramolecular Hbond substituents is 1. The Balaban J connectivity index is 2.15. The molecule has 0 fully saturated rings. The number of aromatic hydroxyl groups is 1. The zero-order valence-electron chi connectivity index (χ0n) is 13.3. The van der Waals surface area contributed by atoms with Crippen molar-refractivity contribution in [3.05, 3.63) is 59.7 Å². The van der Waals surface area contributed by atoms with Gasteiger partial charge in [0.1, 0.15) is 5.75 Å². The highest BCUT2D eigenvalue weighted by molar-refractivity contribution is 7.89. The Morgan fingerprint density at radius 3 is 2.22 bits per heavy atom. The average Bonchev–Trinajstić information content (AvgIpc) is 2.48. The molecule has 0 radical (unpaired) electrons. The number of sulfonamides is 1. The van der Waals surface area contributed by atoms with Crippen molar-refractivity contribution in [2.24, 2.45) is 5.10 Å². The van der Waals surface area contributed by atoms with E-state index in [2.05, 4.69) is 30.7 Å². The number of nitrogens with one attached hydrogen (secondary N) is 1. The minimum atomic E-state index is -3.74. The second-order valence-electron chi connectivity index (χ2n) is 6.19. The third kappa shape index (κ3) is 4.32. The van der Waals surface area contributed by atoms with Crippen molar-refractivity contribution in [1.29, 1.82) is 0 Å². The van der Waals surface area contributed by atoms with E-state index >= 15 is 0 Å². The molecule has 0 spiro atoms. The molecule has 5 nitrogen and oxygen atoms in total. The van der Waals surface area contributed by atoms with Crippen LogP contribution in [0.3, 0.4) is 0 Å². The second kappa shape index (κ2) is 6.42. The lowest BCUT2D eigenvalue weighted by Crippen LogP contribution is -2.19. The summed E-state index contributed by atoms with van der Waals surface area (Å²) in [4.78, 5) is 2.28. The highest BCUT2D eigenvalue weighted by Gasteiger charge is 2.16. The number of benzene rings is 2. The fraction of sp³-hybridized carbons (Fsp3) is 0.235. The summed E-state index contributed by atoms with van der Waals surface area (Å²) in [6.45, 7) is 6.18. The van der Waals surface area contributed by atoms with Gasteiger partial charge in [0.05, 0.1) is 11.1 Å². The third-order valence-electron chi connectivity index (χ3n) is 3.34. The SMILES string of the molecule is CC(C)(C)c1ccc(S(=O)(=O)N/N=C\c2ccccc2O)cc1. The zero-order chi connectivity index (χ0) is 17.1. The van der Waals surface area contributed by atoms with E-state index in [1.54, 1.807) is 42.5 Å². The van der Waals surface area contributed by atoms with Crippen molar-refractivity contribution in [1.82, 2.24) is 4.83 Å². The summed E-state index contributed by atoms with van der Waals surface area (Å²) in [6.07, 6.45) is 1.26. The molecule has 23 heavy (non-hydrogen) atoms. The molecule has 0 aliphatic rings. The van der Waals surface area contributed by atoms with E-state index in [-0.39, 0.29) is 16.1 Å². The Hall–Kier alpha value is -2.34. The van der Waals surface area contributed by atoms with Crippen LogP contribution in [0.4, 0.5) is 0 Å². The molecule has 0 aromatic heterocycles. The van der Waals surface area contributed by atoms with Crippen molar-refractivity contribution in [3.63, 3.8) is 0 Å². The molecule has 2 aromatic rings. The van der Waals surface area contributed by atoms with Crippen LogP contribution in [-0.2, 0) is 15.4 Å². The summed E-state index contributed by atoms with van der Waals surface area (Å²) in [5.74, 6) is 0.0324. The van der Waals surface area contributed by atoms with Crippen LogP contribution in [0.5, 0.6) is 5.75 Å². The van der Waals surface area contributed by atoms with Gasteiger partial charge in [-0.1, -0.05) is 45.0 Å². The number of hydrazone groups is 1. The second-order valence-corrected chi connectivity index (χ2v) is 7.85. The van der Waals surface area contributed by atoms with Crippen LogP contribution in [0.15, 0.2) is 58.5 Å². The monoisotopic (exact) mass is 332 g/mol. The summed E-state index contributed by atoms with van der Waals surface area (Å²) in [5.41, 5.74) is 1.44. The molecule has 2 rings (SSSR count). The van der Waals surface area contributed by atoms with E-state index in [4.69, 9.17) is 0 Å². The van der Waals surface area contributed by atoms with Crippen LogP contribution in [0.1, 0.15) is 31.9 Å². The van der Waals surface area contributed by atoms with Gasteiger partial charge in [-0.05, 0) is 35.2 Å². The van der Waals surface area contributed by atoms with Gasteiger partial charge in [0, 0.05) is 5.56 Å². The van der Waals surface area contributed by atoms with E-state index < -0.39 is 10.0 Å². The minimum Gasteiger partial charge on any atom is -0.507 e. The van der Waals surface area contributed by atoms with Gasteiger partial charge in [-0.3, -0.25) is 0 Å². The Bertz CT molecular complexity index is 804. The molecule has 0 bridgehead atoms. The predicted molar refractivity (Wildman–Crippen MR) is 91.2 cm³/mol. The summed E-state index contributed by atoms with van der Waals surface area (Å²) >= 11 is 0. The van der Waals surface area contributed by atoms with Crippen molar-refractivity contribution in [3.8, 4) is 5.75 Å². The van der Waals surface area contributed by atoms with Gasteiger partial charge in [-0.25, -0.2) is 4.83 Å². The highest BCUT2D eigenvalue weighted by Crippen LogP contribution is 2.23. The first-order valence-corrected chi connectivity index (χ1v) is 8.62. The molecular weight excluding hydrogens is 312 g/mol. The van der Waals surface area contributed by atoms with Gasteiger partial charge in [0.15, 0.2) is 0 Å². The van der Waals surface area contributed by atoms with Crippen molar-refractivity contribution in [2.45, 2.75) is 31.1 Å². The van der Waals surface area contributed by atoms with Crippen molar-refractivity contribution in [2.75, 3.05) is 0 Å². The Labute approximate surface area is 136 Å². The van der Waals surface area contributed by atoms with Crippen LogP contribution in [0, 0.1) is 0 Å². The molecule has 0 amide bonds. The van der Waals surface area contributed by atoms with Crippen LogP contribution in [-0.4, -0.2) is 19.7 Å². The molecule has 0 saturated heterocycles. The summed E-state index contributed by atoms with van der Waals surface area (Å²) in [7, 11) is -3.74. The summed E-state index contributed by atoms with van der Waals surface area (Å²) < 4.78 is 24.4.